The Balaban J connectivity index is 2.11. The highest BCUT2D eigenvalue weighted by molar-refractivity contribution is 5.40. The minimum absolute atomic E-state index is 0.357. The van der Waals surface area contributed by atoms with Crippen molar-refractivity contribution in [2.24, 2.45) is 12.8 Å². The molecule has 0 fully saturated rings. The fourth-order valence-electron chi connectivity index (χ4n) is 1.56. The third-order valence-corrected chi connectivity index (χ3v) is 2.65. The van der Waals surface area contributed by atoms with Gasteiger partial charge >= 0.3 is 0 Å². The Morgan fingerprint density at radius 2 is 2.22 bits per heavy atom. The highest BCUT2D eigenvalue weighted by atomic mass is 16.5. The molecule has 2 N–H and O–H groups in total. The molecule has 0 saturated heterocycles. The van der Waals surface area contributed by atoms with Gasteiger partial charge in [0.15, 0.2) is 5.82 Å². The first kappa shape index (κ1) is 12.4. The van der Waals surface area contributed by atoms with Crippen LogP contribution in [0.3, 0.4) is 0 Å². The first-order valence-electron chi connectivity index (χ1n) is 5.57. The quantitative estimate of drug-likeness (QED) is 0.849. The second-order valence-electron chi connectivity index (χ2n) is 3.82. The van der Waals surface area contributed by atoms with Gasteiger partial charge in [-0.15, -0.1) is 10.2 Å². The number of aryl methyl sites for hydroxylation is 1. The van der Waals surface area contributed by atoms with Crippen LogP contribution in [-0.4, -0.2) is 21.9 Å². The van der Waals surface area contributed by atoms with Crippen LogP contribution in [0.4, 0.5) is 0 Å². The maximum absolute atomic E-state index is 5.69. The third kappa shape index (κ3) is 2.60. The normalized spacial score (nSPS) is 10.4. The largest absolute Gasteiger partial charge is 0.497 e. The summed E-state index contributed by atoms with van der Waals surface area (Å²) in [5.41, 5.74) is 6.58. The van der Waals surface area contributed by atoms with Gasteiger partial charge < -0.3 is 19.8 Å². The molecule has 0 spiro atoms. The molecule has 0 saturated carbocycles. The SMILES string of the molecule is COc1ccc(OCc2nncn2C)c(CN)c1. The molecule has 1 aromatic heterocycles. The van der Waals surface area contributed by atoms with E-state index in [2.05, 4.69) is 10.2 Å². The number of methoxy groups -OCH3 is 1. The van der Waals surface area contributed by atoms with Crippen LogP contribution in [0.2, 0.25) is 0 Å². The summed E-state index contributed by atoms with van der Waals surface area (Å²) in [5, 5.41) is 7.74. The molecule has 0 unspecified atom stereocenters. The molecule has 6 nitrogen and oxygen atoms in total. The number of ether oxygens (including phenoxy) is 2. The number of rotatable bonds is 5. The van der Waals surface area contributed by atoms with Crippen molar-refractivity contribution in [2.45, 2.75) is 13.2 Å². The summed E-state index contributed by atoms with van der Waals surface area (Å²) in [5.74, 6) is 2.26. The first-order chi connectivity index (χ1) is 8.74. The van der Waals surface area contributed by atoms with E-state index in [1.54, 1.807) is 13.4 Å². The van der Waals surface area contributed by atoms with Crippen LogP contribution in [0.25, 0.3) is 0 Å². The zero-order valence-electron chi connectivity index (χ0n) is 10.5. The minimum atomic E-state index is 0.357. The molecule has 0 aliphatic heterocycles. The molecule has 0 radical (unpaired) electrons. The van der Waals surface area contributed by atoms with E-state index in [0.29, 0.717) is 13.2 Å². The van der Waals surface area contributed by atoms with Crippen molar-refractivity contribution < 1.29 is 9.47 Å². The van der Waals surface area contributed by atoms with Gasteiger partial charge in [-0.25, -0.2) is 0 Å². The summed E-state index contributed by atoms with van der Waals surface area (Å²) in [4.78, 5) is 0. The van der Waals surface area contributed by atoms with Gasteiger partial charge in [-0.1, -0.05) is 0 Å². The van der Waals surface area contributed by atoms with Gasteiger partial charge in [-0.3, -0.25) is 0 Å². The average Bonchev–Trinajstić information content (AvgIpc) is 2.81. The third-order valence-electron chi connectivity index (χ3n) is 2.65. The second-order valence-corrected chi connectivity index (χ2v) is 3.82. The summed E-state index contributed by atoms with van der Waals surface area (Å²) in [6, 6.07) is 5.55. The van der Waals surface area contributed by atoms with E-state index in [1.165, 1.54) is 0 Å². The highest BCUT2D eigenvalue weighted by Gasteiger charge is 2.07. The predicted molar refractivity (Wildman–Crippen MR) is 66.2 cm³/mol. The number of hydrogen-bond acceptors (Lipinski definition) is 5. The monoisotopic (exact) mass is 248 g/mol. The molecule has 0 atom stereocenters. The van der Waals surface area contributed by atoms with Crippen LogP contribution in [0.1, 0.15) is 11.4 Å². The maximum atomic E-state index is 5.69. The zero-order chi connectivity index (χ0) is 13.0. The molecule has 96 valence electrons. The van der Waals surface area contributed by atoms with Crippen molar-refractivity contribution in [1.82, 2.24) is 14.8 Å². The summed E-state index contributed by atoms with van der Waals surface area (Å²) in [7, 11) is 3.49. The number of nitrogens with zero attached hydrogens (tertiary/aromatic N) is 3. The van der Waals surface area contributed by atoms with E-state index in [0.717, 1.165) is 22.9 Å². The number of aromatic nitrogens is 3. The molecule has 0 amide bonds. The molecule has 2 rings (SSSR count). The summed E-state index contributed by atoms with van der Waals surface area (Å²) in [6.45, 7) is 0.751. The summed E-state index contributed by atoms with van der Waals surface area (Å²) >= 11 is 0. The molecule has 0 aliphatic rings. The molecule has 1 heterocycles. The van der Waals surface area contributed by atoms with Crippen molar-refractivity contribution in [3.63, 3.8) is 0 Å². The van der Waals surface area contributed by atoms with Gasteiger partial charge in [-0.2, -0.15) is 0 Å². The molecule has 18 heavy (non-hydrogen) atoms. The van der Waals surface area contributed by atoms with Crippen LogP contribution in [0.5, 0.6) is 11.5 Å². The average molecular weight is 248 g/mol. The van der Waals surface area contributed by atoms with Crippen molar-refractivity contribution in [2.75, 3.05) is 7.11 Å². The Kier molecular flexibility index (Phi) is 3.78. The minimum Gasteiger partial charge on any atom is -0.497 e. The molecule has 1 aromatic carbocycles. The van der Waals surface area contributed by atoms with Crippen LogP contribution in [-0.2, 0) is 20.2 Å². The molecule has 0 aliphatic carbocycles. The van der Waals surface area contributed by atoms with E-state index in [9.17, 15) is 0 Å². The first-order valence-corrected chi connectivity index (χ1v) is 5.57. The van der Waals surface area contributed by atoms with Gasteiger partial charge in [0.1, 0.15) is 24.4 Å². The predicted octanol–water partition coefficient (Wildman–Crippen LogP) is 0.861. The lowest BCUT2D eigenvalue weighted by molar-refractivity contribution is 0.287. The standard InChI is InChI=1S/C12H16N4O2/c1-16-8-14-15-12(16)7-18-11-4-3-10(17-2)5-9(11)6-13/h3-5,8H,6-7,13H2,1-2H3. The number of nitrogens with two attached hydrogens (primary N) is 1. The van der Waals surface area contributed by atoms with E-state index in [-0.39, 0.29) is 0 Å². The Bertz CT molecular complexity index is 525. The number of benzene rings is 1. The molecule has 2 aromatic rings. The Morgan fingerprint density at radius 3 is 2.83 bits per heavy atom. The lowest BCUT2D eigenvalue weighted by atomic mass is 10.2. The highest BCUT2D eigenvalue weighted by Crippen LogP contribution is 2.24. The molecule has 0 bridgehead atoms. The molecule has 6 heteroatoms. The van der Waals surface area contributed by atoms with Crippen LogP contribution in [0.15, 0.2) is 24.5 Å². The summed E-state index contributed by atoms with van der Waals surface area (Å²) in [6.07, 6.45) is 1.64. The lowest BCUT2D eigenvalue weighted by Gasteiger charge is -2.11. The van der Waals surface area contributed by atoms with Gasteiger partial charge in [0.25, 0.3) is 0 Å². The van der Waals surface area contributed by atoms with Crippen LogP contribution < -0.4 is 15.2 Å². The van der Waals surface area contributed by atoms with Gasteiger partial charge in [0, 0.05) is 19.2 Å². The Morgan fingerprint density at radius 1 is 1.39 bits per heavy atom. The fraction of sp³-hybridized carbons (Fsp3) is 0.333. The van der Waals surface area contributed by atoms with E-state index < -0.39 is 0 Å². The molecular weight excluding hydrogens is 232 g/mol. The Labute approximate surface area is 105 Å². The van der Waals surface area contributed by atoms with E-state index in [1.807, 2.05) is 29.8 Å². The number of hydrogen-bond donors (Lipinski definition) is 1. The topological polar surface area (TPSA) is 75.2 Å². The Hall–Kier alpha value is -2.08. The van der Waals surface area contributed by atoms with Crippen molar-refractivity contribution in [3.05, 3.63) is 35.9 Å². The maximum Gasteiger partial charge on any atom is 0.170 e. The molecular formula is C12H16N4O2. The summed E-state index contributed by atoms with van der Waals surface area (Å²) < 4.78 is 12.6. The van der Waals surface area contributed by atoms with Gasteiger partial charge in [0.2, 0.25) is 0 Å². The van der Waals surface area contributed by atoms with Crippen molar-refractivity contribution in [3.8, 4) is 11.5 Å². The zero-order valence-corrected chi connectivity index (χ0v) is 10.5. The second kappa shape index (κ2) is 5.50. The lowest BCUT2D eigenvalue weighted by Crippen LogP contribution is -2.06. The van der Waals surface area contributed by atoms with E-state index in [4.69, 9.17) is 15.2 Å². The van der Waals surface area contributed by atoms with Crippen LogP contribution >= 0.6 is 0 Å². The fourth-order valence-corrected chi connectivity index (χ4v) is 1.56. The smallest absolute Gasteiger partial charge is 0.170 e. The van der Waals surface area contributed by atoms with Gasteiger partial charge in [-0.05, 0) is 18.2 Å². The van der Waals surface area contributed by atoms with E-state index >= 15 is 0 Å². The van der Waals surface area contributed by atoms with Crippen molar-refractivity contribution in [1.29, 1.82) is 0 Å². The van der Waals surface area contributed by atoms with Gasteiger partial charge in [0.05, 0.1) is 7.11 Å². The van der Waals surface area contributed by atoms with Crippen LogP contribution in [0, 0.1) is 0 Å². The van der Waals surface area contributed by atoms with Crippen molar-refractivity contribution >= 4 is 0 Å².